The second-order valence-corrected chi connectivity index (χ2v) is 31.1. The topological polar surface area (TPSA) is 398 Å². The summed E-state index contributed by atoms with van der Waals surface area (Å²) in [5.41, 5.74) is 1.31. The number of nitrogens with one attached hydrogen (secondary N) is 1. The number of benzene rings is 1. The standard InChI is InChI=1S/C73H117IN2O38/c1-79-26-38-45-52(86-8)59(92-14)67(100-38)108-46-39(27-80-2)102-69(61(94-16)53(46)87-9)110-48-41(29-82-4)104-71(63(96-18)55(48)89-11)112-50-43(31-84-6)106-73(65(57(50)91-13)99-25-35-23-75-33-76-35)113-51-44(32-85-7)105-72(64(97-19)58(51)98-24-34-20-21-37-36(22-34)66(77)114-74(37)78)111-49-42(30-83-5)103-70(62(95-17)56(49)90-12)109-47-40(28-81-3)101-68(107-45)60(93-15)54(47)88-10/h20-23,33,38-65,67-73,78H,24-32H2,1-19H3,(H,75,76). The van der Waals surface area contributed by atoms with Gasteiger partial charge in [0.25, 0.3) is 0 Å². The minimum absolute atomic E-state index is 0.0663. The summed E-state index contributed by atoms with van der Waals surface area (Å²) >= 11 is -3.20. The summed E-state index contributed by atoms with van der Waals surface area (Å²) in [6, 6.07) is 4.99. The summed E-state index contributed by atoms with van der Waals surface area (Å²) in [5, 5.41) is 0. The Balaban J connectivity index is 1.03. The Morgan fingerprint density at radius 1 is 0.333 bits per heavy atom. The number of H-pyrrole nitrogens is 1. The molecule has 0 saturated carbocycles. The van der Waals surface area contributed by atoms with Crippen LogP contribution in [0.2, 0.25) is 0 Å². The van der Waals surface area contributed by atoms with Gasteiger partial charge in [-0.25, -0.2) is 4.98 Å². The van der Waals surface area contributed by atoms with Crippen molar-refractivity contribution in [1.82, 2.24) is 9.97 Å². The number of aromatic nitrogens is 2. The molecule has 2 aromatic rings. The van der Waals surface area contributed by atoms with Crippen LogP contribution in [-0.2, 0) is 182 Å². The third-order valence-corrected chi connectivity index (χ3v) is 24.5. The quantitative estimate of drug-likeness (QED) is 0.0913. The number of carbonyl (C=O) groups excluding carboxylic acids is 1. The first-order valence-corrected chi connectivity index (χ1v) is 40.3. The molecule has 114 heavy (non-hydrogen) atoms. The summed E-state index contributed by atoms with van der Waals surface area (Å²) in [4.78, 5) is 20.5. The number of halogens is 1. The van der Waals surface area contributed by atoms with Crippen LogP contribution in [-0.4, -0.2) is 416 Å². The van der Waals surface area contributed by atoms with Gasteiger partial charge in [0.2, 0.25) is 0 Å². The van der Waals surface area contributed by atoms with E-state index in [1.54, 1.807) is 24.4 Å². The van der Waals surface area contributed by atoms with Gasteiger partial charge in [0.05, 0.1) is 64.5 Å². The van der Waals surface area contributed by atoms with Gasteiger partial charge in [-0.2, -0.15) is 0 Å². The minimum atomic E-state index is -3.20. The molecular formula is C73H117IN2O38. The maximum atomic E-state index is 13.2. The molecular weight excluding hydrogens is 1640 g/mol. The first-order chi connectivity index (χ1) is 55.5. The fourth-order valence-corrected chi connectivity index (χ4v) is 18.8. The van der Waals surface area contributed by atoms with Crippen molar-refractivity contribution in [2.75, 3.05) is 181 Å². The number of imidazole rings is 1. The molecule has 40 nitrogen and oxygen atoms in total. The molecule has 2 N–H and O–H groups in total. The van der Waals surface area contributed by atoms with Crippen molar-refractivity contribution in [1.29, 1.82) is 0 Å². The van der Waals surface area contributed by atoms with Crippen LogP contribution in [0.25, 0.3) is 0 Å². The number of hydrogen-bond acceptors (Lipinski definition) is 39. The Kier molecular flexibility index (Phi) is 35.7. The zero-order chi connectivity index (χ0) is 81.4. The molecule has 1 aromatic heterocycles. The molecule has 35 atom stereocenters. The van der Waals surface area contributed by atoms with E-state index < -0.39 is 242 Å². The van der Waals surface area contributed by atoms with Gasteiger partial charge in [-0.1, -0.05) is 0 Å². The molecule has 21 fully saturated rings. The van der Waals surface area contributed by atoms with Crippen molar-refractivity contribution in [3.8, 4) is 0 Å². The summed E-state index contributed by atoms with van der Waals surface area (Å²) < 4.78 is 248. The van der Waals surface area contributed by atoms with Crippen molar-refractivity contribution in [2.24, 2.45) is 0 Å². The fourth-order valence-electron chi connectivity index (χ4n) is 16.6. The molecule has 23 heterocycles. The molecule has 24 rings (SSSR count). The normalized spacial score (nSPS) is 42.0. The monoisotopic (exact) mass is 1760 g/mol. The van der Waals surface area contributed by atoms with Gasteiger partial charge in [-0.3, -0.25) is 0 Å². The summed E-state index contributed by atoms with van der Waals surface area (Å²) in [7, 11) is 28.3. The second kappa shape index (κ2) is 44.3. The Bertz CT molecular complexity index is 3130. The van der Waals surface area contributed by atoms with E-state index in [1.165, 1.54) is 141 Å². The van der Waals surface area contributed by atoms with Crippen molar-refractivity contribution in [3.05, 3.63) is 51.1 Å². The number of carbonyl (C=O) groups is 1. The van der Waals surface area contributed by atoms with E-state index >= 15 is 0 Å². The van der Waals surface area contributed by atoms with E-state index in [1.807, 2.05) is 0 Å². The third kappa shape index (κ3) is 20.1. The predicted molar refractivity (Wildman–Crippen MR) is 390 cm³/mol. The van der Waals surface area contributed by atoms with Crippen LogP contribution in [0.15, 0.2) is 30.7 Å². The van der Waals surface area contributed by atoms with Gasteiger partial charge >= 0.3 is 210 Å². The molecule has 0 spiro atoms. The van der Waals surface area contributed by atoms with Gasteiger partial charge < -0.3 is 133 Å². The smallest absolute Gasteiger partial charge is 0.376 e. The van der Waals surface area contributed by atoms with Gasteiger partial charge in [0.15, 0.2) is 31.5 Å². The Morgan fingerprint density at radius 3 is 0.851 bits per heavy atom. The Hall–Kier alpha value is -2.81. The number of methoxy groups -OCH3 is 19. The predicted octanol–water partition coefficient (Wildman–Crippen LogP) is 0.0381. The van der Waals surface area contributed by atoms with E-state index in [9.17, 15) is 8.23 Å². The van der Waals surface area contributed by atoms with Gasteiger partial charge in [-0.15, -0.1) is 0 Å². The molecule has 0 amide bonds. The van der Waals surface area contributed by atoms with E-state index in [-0.39, 0.29) is 65.0 Å². The summed E-state index contributed by atoms with van der Waals surface area (Å²) in [5.74, 6) is -0.654. The number of fused-ring (bicyclic) bond motifs is 1. The minimum Gasteiger partial charge on any atom is -0.376 e. The van der Waals surface area contributed by atoms with Gasteiger partial charge in [-0.05, 0) is 0 Å². The van der Waals surface area contributed by atoms with Crippen molar-refractivity contribution < 1.29 is 177 Å². The average molecular weight is 1760 g/mol. The number of ether oxygens (including phenoxy) is 35. The number of nitrogens with zero attached hydrogens (tertiary/aromatic N) is 1. The molecule has 22 aliphatic rings. The molecule has 22 aliphatic heterocycles. The number of hydrogen-bond donors (Lipinski definition) is 2. The van der Waals surface area contributed by atoms with Crippen molar-refractivity contribution in [2.45, 2.75) is 228 Å². The van der Waals surface area contributed by atoms with Gasteiger partial charge in [0, 0.05) is 121 Å². The zero-order valence-corrected chi connectivity index (χ0v) is 70.0. The average Bonchev–Trinajstić information content (AvgIpc) is 0.831. The van der Waals surface area contributed by atoms with Crippen LogP contribution < -0.4 is 0 Å². The number of aromatic amines is 1. The first kappa shape index (κ1) is 91.9. The first-order valence-electron chi connectivity index (χ1n) is 37.4. The molecule has 14 bridgehead atoms. The maximum absolute atomic E-state index is 13.2. The van der Waals surface area contributed by atoms with Gasteiger partial charge in [0.1, 0.15) is 110 Å². The van der Waals surface area contributed by atoms with Crippen LogP contribution >= 0.6 is 20.6 Å². The molecule has 35 unspecified atom stereocenters. The summed E-state index contributed by atoms with van der Waals surface area (Å²) in [6.45, 7) is -1.00. The molecule has 654 valence electrons. The van der Waals surface area contributed by atoms with E-state index in [0.29, 0.717) is 14.8 Å². The Labute approximate surface area is 671 Å². The Morgan fingerprint density at radius 2 is 0.588 bits per heavy atom. The van der Waals surface area contributed by atoms with E-state index in [0.717, 1.165) is 0 Å². The van der Waals surface area contributed by atoms with Crippen molar-refractivity contribution in [3.63, 3.8) is 0 Å². The molecule has 1 aromatic carbocycles. The van der Waals surface area contributed by atoms with Crippen LogP contribution in [0.4, 0.5) is 0 Å². The van der Waals surface area contributed by atoms with E-state index in [4.69, 9.17) is 169 Å². The SMILES string of the molecule is COCC1OC2OC3C(COC)OC(OC4C(COC)OC(OC5C(COC)OC(OC6C(COC)OC(OC7C(COC)OC(OC8C(COC)OC(OC1C(OC)C2OC)C(OC)C8OC)C(OC)C7OC)C(OC)C6OCc1ccc2c(c1)C(=O)OI2O)C(OCc1cnc[nH]1)C5OC)C(OC)C4OC)C(OC)C3OC. The van der Waals surface area contributed by atoms with Crippen LogP contribution in [0.5, 0.6) is 0 Å². The third-order valence-electron chi connectivity index (χ3n) is 21.8. The van der Waals surface area contributed by atoms with Crippen molar-refractivity contribution >= 4 is 26.6 Å². The van der Waals surface area contributed by atoms with E-state index in [2.05, 4.69) is 9.97 Å². The zero-order valence-electron chi connectivity index (χ0n) is 67.8. The molecule has 0 radical (unpaired) electrons. The van der Waals surface area contributed by atoms with Crippen LogP contribution in [0.3, 0.4) is 0 Å². The molecule has 21 saturated heterocycles. The number of rotatable bonds is 32. The molecule has 41 heteroatoms. The summed E-state index contributed by atoms with van der Waals surface area (Å²) in [6.07, 6.45) is -36.3. The van der Waals surface area contributed by atoms with Crippen LogP contribution in [0, 0.1) is 3.57 Å². The second-order valence-electron chi connectivity index (χ2n) is 28.1. The van der Waals surface area contributed by atoms with Crippen LogP contribution in [0.1, 0.15) is 21.6 Å². The fraction of sp³-hybridized carbons (Fsp3) is 0.863. The molecule has 0 aliphatic carbocycles.